The molecule has 0 aromatic heterocycles. The molecule has 0 heterocycles. The first-order chi connectivity index (χ1) is 17.6. The molecule has 232 valence electrons. The quantitative estimate of drug-likeness (QED) is 0.0752. The Labute approximate surface area is 246 Å². The molecule has 0 amide bonds. The van der Waals surface area contributed by atoms with Gasteiger partial charge >= 0.3 is 7.82 Å². The molecule has 3 atom stereocenters. The lowest BCUT2D eigenvalue weighted by Gasteiger charge is -2.29. The summed E-state index contributed by atoms with van der Waals surface area (Å²) in [7, 11) is 3.48. The molecule has 0 spiro atoms. The van der Waals surface area contributed by atoms with Gasteiger partial charge in [-0.2, -0.15) is 0 Å². The smallest absolute Gasteiger partial charge is 0.472 e. The van der Waals surface area contributed by atoms with Crippen molar-refractivity contribution in [2.45, 2.75) is 135 Å². The Morgan fingerprint density at radius 2 is 1.16 bits per heavy atom. The van der Waals surface area contributed by atoms with Crippen molar-refractivity contribution in [2.24, 2.45) is 0 Å². The summed E-state index contributed by atoms with van der Waals surface area (Å²) in [5.41, 5.74) is 0. The molecule has 0 aliphatic rings. The van der Waals surface area contributed by atoms with Gasteiger partial charge in [0.2, 0.25) is 0 Å². The van der Waals surface area contributed by atoms with Crippen molar-refractivity contribution in [1.29, 1.82) is 0 Å². The van der Waals surface area contributed by atoms with Gasteiger partial charge in [0.1, 0.15) is 18.8 Å². The van der Waals surface area contributed by atoms with E-state index in [9.17, 15) is 9.46 Å². The number of rotatable bonds is 28. The lowest BCUT2D eigenvalue weighted by Crippen LogP contribution is -3.00. The van der Waals surface area contributed by atoms with Crippen molar-refractivity contribution in [3.63, 3.8) is 0 Å². The average molecular weight is 633 g/mol. The molecule has 3 unspecified atom stereocenters. The zero-order chi connectivity index (χ0) is 27.8. The molecule has 0 saturated carbocycles. The predicted octanol–water partition coefficient (Wildman–Crippen LogP) is 4.90. The molecule has 0 saturated heterocycles. The highest BCUT2D eigenvalue weighted by Crippen LogP contribution is 2.45. The van der Waals surface area contributed by atoms with E-state index in [4.69, 9.17) is 18.5 Å². The topological polar surface area (TPSA) is 74.2 Å². The SMILES string of the molecule is CCCCCCCCCCCCCCCCCCOCC(COP(=O)(O)OC(CC)C[N+](C)(C)C)OC.[Br-]. The second kappa shape index (κ2) is 26.4. The van der Waals surface area contributed by atoms with Gasteiger partial charge in [0, 0.05) is 13.7 Å². The molecule has 0 radical (unpaired) electrons. The monoisotopic (exact) mass is 631 g/mol. The zero-order valence-corrected chi connectivity index (χ0v) is 28.2. The fourth-order valence-corrected chi connectivity index (χ4v) is 5.40. The van der Waals surface area contributed by atoms with Crippen LogP contribution in [-0.4, -0.2) is 76.2 Å². The fraction of sp³-hybridized carbons (Fsp3) is 1.00. The largest absolute Gasteiger partial charge is 1.00 e. The highest BCUT2D eigenvalue weighted by molar-refractivity contribution is 7.47. The van der Waals surface area contributed by atoms with Gasteiger partial charge in [-0.05, 0) is 12.8 Å². The predicted molar refractivity (Wildman–Crippen MR) is 155 cm³/mol. The Bertz CT molecular complexity index is 550. The molecule has 9 heteroatoms. The van der Waals surface area contributed by atoms with E-state index in [0.29, 0.717) is 30.7 Å². The highest BCUT2D eigenvalue weighted by Gasteiger charge is 2.30. The van der Waals surface area contributed by atoms with Crippen molar-refractivity contribution in [3.05, 3.63) is 0 Å². The zero-order valence-electron chi connectivity index (χ0n) is 25.8. The molecule has 0 aromatic carbocycles. The number of halogens is 1. The number of quaternary nitrogens is 1. The Hall–Kier alpha value is 0.470. The van der Waals surface area contributed by atoms with E-state index < -0.39 is 13.9 Å². The molecule has 0 rings (SSSR count). The number of likely N-dealkylation sites (N-methyl/N-ethyl adjacent to an activating group) is 1. The Kier molecular flexibility index (Phi) is 28.2. The summed E-state index contributed by atoms with van der Waals surface area (Å²) in [6.45, 7) is 5.81. The van der Waals surface area contributed by atoms with Crippen LogP contribution in [0.2, 0.25) is 0 Å². The van der Waals surface area contributed by atoms with E-state index in [0.717, 1.165) is 6.42 Å². The summed E-state index contributed by atoms with van der Waals surface area (Å²) in [5, 5.41) is 0. The number of ether oxygens (including phenoxy) is 2. The Balaban J connectivity index is 0. The van der Waals surface area contributed by atoms with Gasteiger partial charge < -0.3 is 35.8 Å². The van der Waals surface area contributed by atoms with Gasteiger partial charge in [0.05, 0.1) is 34.4 Å². The number of hydrogen-bond donors (Lipinski definition) is 1. The van der Waals surface area contributed by atoms with Gasteiger partial charge in [-0.3, -0.25) is 9.05 Å². The van der Waals surface area contributed by atoms with Gasteiger partial charge in [-0.15, -0.1) is 0 Å². The number of nitrogens with zero attached hydrogens (tertiary/aromatic N) is 1. The third kappa shape index (κ3) is 28.0. The van der Waals surface area contributed by atoms with Crippen LogP contribution in [0.3, 0.4) is 0 Å². The minimum Gasteiger partial charge on any atom is -1.00 e. The molecule has 1 N–H and O–H groups in total. The van der Waals surface area contributed by atoms with E-state index in [1.165, 1.54) is 96.3 Å². The van der Waals surface area contributed by atoms with Crippen LogP contribution in [0.5, 0.6) is 0 Å². The van der Waals surface area contributed by atoms with Gasteiger partial charge in [-0.1, -0.05) is 110 Å². The highest BCUT2D eigenvalue weighted by atomic mass is 79.9. The van der Waals surface area contributed by atoms with Crippen LogP contribution < -0.4 is 17.0 Å². The van der Waals surface area contributed by atoms with Gasteiger partial charge in [-0.25, -0.2) is 4.57 Å². The average Bonchev–Trinajstić information content (AvgIpc) is 2.83. The first-order valence-electron chi connectivity index (χ1n) is 15.2. The summed E-state index contributed by atoms with van der Waals surface area (Å²) in [6.07, 6.45) is 21.5. The first-order valence-corrected chi connectivity index (χ1v) is 16.7. The molecule has 0 fully saturated rings. The molecular formula is C29H63BrNO6P. The molecule has 0 bridgehead atoms. The van der Waals surface area contributed by atoms with E-state index in [2.05, 4.69) is 6.92 Å². The van der Waals surface area contributed by atoms with E-state index in [-0.39, 0.29) is 29.7 Å². The number of methoxy groups -OCH3 is 1. The van der Waals surface area contributed by atoms with Gasteiger partial charge in [0.25, 0.3) is 0 Å². The summed E-state index contributed by atoms with van der Waals surface area (Å²) < 4.78 is 34.6. The van der Waals surface area contributed by atoms with E-state index >= 15 is 0 Å². The fourth-order valence-electron chi connectivity index (χ4n) is 4.40. The minimum absolute atomic E-state index is 0. The molecule has 0 aromatic rings. The van der Waals surface area contributed by atoms with Crippen LogP contribution >= 0.6 is 7.82 Å². The van der Waals surface area contributed by atoms with Crippen LogP contribution in [0.25, 0.3) is 0 Å². The second-order valence-electron chi connectivity index (χ2n) is 11.6. The third-order valence-corrected chi connectivity index (χ3v) is 7.73. The van der Waals surface area contributed by atoms with Crippen LogP contribution in [-0.2, 0) is 23.1 Å². The van der Waals surface area contributed by atoms with Crippen LogP contribution in [0.15, 0.2) is 0 Å². The summed E-state index contributed by atoms with van der Waals surface area (Å²) in [5.74, 6) is 0. The van der Waals surface area contributed by atoms with Crippen molar-refractivity contribution in [3.8, 4) is 0 Å². The summed E-state index contributed by atoms with van der Waals surface area (Å²) in [6, 6.07) is 0. The van der Waals surface area contributed by atoms with Crippen molar-refractivity contribution >= 4 is 7.82 Å². The van der Waals surface area contributed by atoms with E-state index in [1.54, 1.807) is 7.11 Å². The standard InChI is InChI=1S/C29H62NO6P.BrH/c1-7-9-10-11-12-13-14-15-16-17-18-19-20-21-22-23-24-34-26-29(33-6)27-35-37(31,32)36-28(8-2)25-30(3,4)5;/h28-29H,7-27H2,1-6H3;1H. The Morgan fingerprint density at radius 1 is 0.711 bits per heavy atom. The number of hydrogen-bond acceptors (Lipinski definition) is 5. The number of phosphoric ester groups is 1. The van der Waals surface area contributed by atoms with Crippen LogP contribution in [0, 0.1) is 0 Å². The van der Waals surface area contributed by atoms with Crippen molar-refractivity contribution < 1.29 is 49.4 Å². The van der Waals surface area contributed by atoms with E-state index in [1.807, 2.05) is 28.1 Å². The summed E-state index contributed by atoms with van der Waals surface area (Å²) >= 11 is 0. The maximum Gasteiger partial charge on any atom is 0.472 e. The number of phosphoric acid groups is 1. The van der Waals surface area contributed by atoms with Crippen LogP contribution in [0.1, 0.15) is 123 Å². The normalized spacial score (nSPS) is 15.1. The molecule has 0 aliphatic heterocycles. The van der Waals surface area contributed by atoms with Crippen LogP contribution in [0.4, 0.5) is 0 Å². The minimum atomic E-state index is -4.14. The first kappa shape index (κ1) is 40.6. The Morgan fingerprint density at radius 3 is 1.55 bits per heavy atom. The molecule has 0 aliphatic carbocycles. The third-order valence-electron chi connectivity index (χ3n) is 6.69. The van der Waals surface area contributed by atoms with Crippen molar-refractivity contribution in [2.75, 3.05) is 54.6 Å². The molecular weight excluding hydrogens is 569 g/mol. The maximum atomic E-state index is 12.3. The lowest BCUT2D eigenvalue weighted by atomic mass is 10.0. The van der Waals surface area contributed by atoms with Crippen molar-refractivity contribution in [1.82, 2.24) is 0 Å². The number of unbranched alkanes of at least 4 members (excludes halogenated alkanes) is 15. The lowest BCUT2D eigenvalue weighted by molar-refractivity contribution is -0.873. The maximum absolute atomic E-state index is 12.3. The molecule has 38 heavy (non-hydrogen) atoms. The van der Waals surface area contributed by atoms with Gasteiger partial charge in [0.15, 0.2) is 0 Å². The second-order valence-corrected chi connectivity index (χ2v) is 13.0. The molecule has 7 nitrogen and oxygen atoms in total. The summed E-state index contributed by atoms with van der Waals surface area (Å²) in [4.78, 5) is 10.1.